The molecule has 27 heavy (non-hydrogen) atoms. The van der Waals surface area contributed by atoms with Crippen LogP contribution in [0.4, 0.5) is 5.69 Å². The van der Waals surface area contributed by atoms with Gasteiger partial charge in [0, 0.05) is 11.7 Å². The molecule has 4 heteroatoms. The van der Waals surface area contributed by atoms with E-state index in [2.05, 4.69) is 24.3 Å². The first kappa shape index (κ1) is 17.6. The van der Waals surface area contributed by atoms with Gasteiger partial charge in [0.25, 0.3) is 0 Å². The minimum Gasteiger partial charge on any atom is -0.274 e. The van der Waals surface area contributed by atoms with Crippen molar-refractivity contribution < 1.29 is 4.79 Å². The van der Waals surface area contributed by atoms with E-state index in [1.165, 1.54) is 0 Å². The minimum absolute atomic E-state index is 0.0839. The summed E-state index contributed by atoms with van der Waals surface area (Å²) in [6.07, 6.45) is 0.466. The molecule has 1 saturated heterocycles. The summed E-state index contributed by atoms with van der Waals surface area (Å²) < 4.78 is 0. The lowest BCUT2D eigenvalue weighted by molar-refractivity contribution is -0.117. The minimum atomic E-state index is 0.0839. The molecule has 0 bridgehead atoms. The van der Waals surface area contributed by atoms with Gasteiger partial charge in [0.15, 0.2) is 5.17 Å². The first-order valence-electron chi connectivity index (χ1n) is 8.99. The molecule has 0 N–H and O–H groups in total. The SMILES string of the molecule is O=C1C[C@@H](c2ccccc2)SC(=NCc2ccccc2)N1c1ccccc1. The van der Waals surface area contributed by atoms with Crippen molar-refractivity contribution in [3.8, 4) is 0 Å². The zero-order valence-corrected chi connectivity index (χ0v) is 15.7. The highest BCUT2D eigenvalue weighted by Gasteiger charge is 2.33. The van der Waals surface area contributed by atoms with E-state index in [0.29, 0.717) is 13.0 Å². The molecule has 3 aromatic carbocycles. The van der Waals surface area contributed by atoms with E-state index >= 15 is 0 Å². The standard InChI is InChI=1S/C23H20N2OS/c26-22-16-21(19-12-6-2-7-13-19)27-23(24-17-18-10-4-1-5-11-18)25(22)20-14-8-3-9-15-20/h1-15,21H,16-17H2/t21-/m0/s1. The van der Waals surface area contributed by atoms with Gasteiger partial charge < -0.3 is 0 Å². The number of nitrogens with zero attached hydrogens (tertiary/aromatic N) is 2. The lowest BCUT2D eigenvalue weighted by Crippen LogP contribution is -2.40. The molecular weight excluding hydrogens is 352 g/mol. The van der Waals surface area contributed by atoms with Crippen LogP contribution < -0.4 is 4.90 Å². The molecule has 1 atom stereocenters. The first-order valence-corrected chi connectivity index (χ1v) is 9.87. The molecule has 0 unspecified atom stereocenters. The van der Waals surface area contributed by atoms with Gasteiger partial charge >= 0.3 is 0 Å². The zero-order chi connectivity index (χ0) is 18.5. The summed E-state index contributed by atoms with van der Waals surface area (Å²) in [6.45, 7) is 0.557. The molecule has 1 fully saturated rings. The Morgan fingerprint density at radius 1 is 0.852 bits per heavy atom. The second kappa shape index (κ2) is 8.23. The maximum absolute atomic E-state index is 13.0. The molecule has 0 aromatic heterocycles. The zero-order valence-electron chi connectivity index (χ0n) is 14.9. The van der Waals surface area contributed by atoms with Crippen LogP contribution in [0, 0.1) is 0 Å². The van der Waals surface area contributed by atoms with Crippen molar-refractivity contribution >= 4 is 28.5 Å². The normalized spacial score (nSPS) is 18.7. The quantitative estimate of drug-likeness (QED) is 0.610. The Labute approximate surface area is 163 Å². The largest absolute Gasteiger partial charge is 0.274 e. The van der Waals surface area contributed by atoms with Crippen LogP contribution in [0.1, 0.15) is 22.8 Å². The van der Waals surface area contributed by atoms with Crippen molar-refractivity contribution in [2.24, 2.45) is 4.99 Å². The van der Waals surface area contributed by atoms with E-state index in [4.69, 9.17) is 4.99 Å². The Bertz CT molecular complexity index is 926. The third-order valence-electron chi connectivity index (χ3n) is 4.47. The molecule has 1 aliphatic rings. The van der Waals surface area contributed by atoms with Gasteiger partial charge in [-0.05, 0) is 23.3 Å². The number of carbonyl (C=O) groups is 1. The fraction of sp³-hybridized carbons (Fsp3) is 0.130. The number of carbonyl (C=O) groups excluding carboxylic acids is 1. The van der Waals surface area contributed by atoms with E-state index < -0.39 is 0 Å². The average Bonchev–Trinajstić information content (AvgIpc) is 2.74. The summed E-state index contributed by atoms with van der Waals surface area (Å²) >= 11 is 1.67. The predicted molar refractivity (Wildman–Crippen MR) is 113 cm³/mol. The molecule has 0 spiro atoms. The van der Waals surface area contributed by atoms with Crippen molar-refractivity contribution in [2.75, 3.05) is 4.90 Å². The van der Waals surface area contributed by atoms with Crippen molar-refractivity contribution in [1.82, 2.24) is 0 Å². The second-order valence-electron chi connectivity index (χ2n) is 6.37. The van der Waals surface area contributed by atoms with Crippen LogP contribution in [0.5, 0.6) is 0 Å². The number of anilines is 1. The molecule has 3 aromatic rings. The van der Waals surface area contributed by atoms with Crippen molar-refractivity contribution in [3.63, 3.8) is 0 Å². The summed E-state index contributed by atoms with van der Waals surface area (Å²) in [5.41, 5.74) is 3.16. The smallest absolute Gasteiger partial charge is 0.234 e. The van der Waals surface area contributed by atoms with Gasteiger partial charge in [-0.1, -0.05) is 90.6 Å². The fourth-order valence-corrected chi connectivity index (χ4v) is 4.34. The molecule has 4 rings (SSSR count). The second-order valence-corrected chi connectivity index (χ2v) is 7.54. The van der Waals surface area contributed by atoms with Gasteiger partial charge in [0.1, 0.15) is 0 Å². The summed E-state index contributed by atoms with van der Waals surface area (Å²) in [4.78, 5) is 19.6. The third-order valence-corrected chi connectivity index (χ3v) is 5.72. The number of thioether (sulfide) groups is 1. The molecule has 1 amide bonds. The highest BCUT2D eigenvalue weighted by molar-refractivity contribution is 8.14. The summed E-state index contributed by atoms with van der Waals surface area (Å²) in [5, 5.41) is 0.850. The highest BCUT2D eigenvalue weighted by atomic mass is 32.2. The van der Waals surface area contributed by atoms with Crippen molar-refractivity contribution in [1.29, 1.82) is 0 Å². The number of rotatable bonds is 4. The van der Waals surface area contributed by atoms with Crippen LogP contribution in [0.15, 0.2) is 96.0 Å². The van der Waals surface area contributed by atoms with Gasteiger partial charge in [0.2, 0.25) is 5.91 Å². The molecule has 0 radical (unpaired) electrons. The van der Waals surface area contributed by atoms with Crippen molar-refractivity contribution in [2.45, 2.75) is 18.2 Å². The van der Waals surface area contributed by atoms with E-state index in [0.717, 1.165) is 22.0 Å². The summed E-state index contributed by atoms with van der Waals surface area (Å²) in [5.74, 6) is 0.0839. The van der Waals surface area contributed by atoms with Crippen LogP contribution in [0.3, 0.4) is 0 Å². The lowest BCUT2D eigenvalue weighted by atomic mass is 10.1. The molecular formula is C23H20N2OS. The van der Waals surface area contributed by atoms with Gasteiger partial charge in [-0.2, -0.15) is 0 Å². The van der Waals surface area contributed by atoms with Crippen LogP contribution in [-0.4, -0.2) is 11.1 Å². The van der Waals surface area contributed by atoms with E-state index in [9.17, 15) is 4.79 Å². The van der Waals surface area contributed by atoms with Gasteiger partial charge in [-0.25, -0.2) is 0 Å². The van der Waals surface area contributed by atoms with E-state index in [1.807, 2.05) is 66.7 Å². The average molecular weight is 372 g/mol. The maximum atomic E-state index is 13.0. The number of aliphatic imine (C=N–C) groups is 1. The molecule has 0 aliphatic carbocycles. The number of hydrogen-bond acceptors (Lipinski definition) is 3. The van der Waals surface area contributed by atoms with Crippen LogP contribution in [-0.2, 0) is 11.3 Å². The monoisotopic (exact) mass is 372 g/mol. The molecule has 0 saturated carbocycles. The summed E-state index contributed by atoms with van der Waals surface area (Å²) in [6, 6.07) is 30.1. The lowest BCUT2D eigenvalue weighted by Gasteiger charge is -2.32. The number of amidine groups is 1. The number of amides is 1. The highest BCUT2D eigenvalue weighted by Crippen LogP contribution is 2.40. The molecule has 1 heterocycles. The van der Waals surface area contributed by atoms with Crippen LogP contribution in [0.2, 0.25) is 0 Å². The van der Waals surface area contributed by atoms with Crippen molar-refractivity contribution in [3.05, 3.63) is 102 Å². The number of benzene rings is 3. The number of hydrogen-bond donors (Lipinski definition) is 0. The Hall–Kier alpha value is -2.85. The molecule has 3 nitrogen and oxygen atoms in total. The maximum Gasteiger partial charge on any atom is 0.234 e. The Balaban J connectivity index is 1.67. The van der Waals surface area contributed by atoms with E-state index in [1.54, 1.807) is 16.7 Å². The Kier molecular flexibility index (Phi) is 5.35. The van der Waals surface area contributed by atoms with Gasteiger partial charge in [-0.15, -0.1) is 0 Å². The first-order chi connectivity index (χ1) is 13.3. The third kappa shape index (κ3) is 4.12. The Morgan fingerprint density at radius 3 is 2.11 bits per heavy atom. The summed E-state index contributed by atoms with van der Waals surface area (Å²) in [7, 11) is 0. The van der Waals surface area contributed by atoms with Gasteiger partial charge in [-0.3, -0.25) is 14.7 Å². The fourth-order valence-electron chi connectivity index (χ4n) is 3.11. The van der Waals surface area contributed by atoms with E-state index in [-0.39, 0.29) is 11.2 Å². The topological polar surface area (TPSA) is 32.7 Å². The molecule has 134 valence electrons. The Morgan fingerprint density at radius 2 is 1.44 bits per heavy atom. The van der Waals surface area contributed by atoms with Crippen LogP contribution >= 0.6 is 11.8 Å². The predicted octanol–water partition coefficient (Wildman–Crippen LogP) is 5.45. The van der Waals surface area contributed by atoms with Gasteiger partial charge in [0.05, 0.1) is 12.2 Å². The van der Waals surface area contributed by atoms with Crippen LogP contribution in [0.25, 0.3) is 0 Å². The molecule has 1 aliphatic heterocycles. The number of para-hydroxylation sites is 1.